The summed E-state index contributed by atoms with van der Waals surface area (Å²) in [4.78, 5) is 14.6. The molecule has 0 amide bonds. The molecule has 3 aliphatic heterocycles. The van der Waals surface area contributed by atoms with E-state index in [2.05, 4.69) is 13.5 Å². The number of fused-ring (bicyclic) bond motifs is 1. The van der Waals surface area contributed by atoms with Crippen LogP contribution in [0.15, 0.2) is 164 Å². The molecule has 11 nitrogen and oxygen atoms in total. The number of ether oxygens (including phenoxy) is 10. The molecular formula is C52H56O11S. The van der Waals surface area contributed by atoms with Gasteiger partial charge >= 0.3 is 5.97 Å². The van der Waals surface area contributed by atoms with Crippen LogP contribution in [-0.2, 0) is 78.6 Å². The van der Waals surface area contributed by atoms with E-state index in [4.69, 9.17) is 47.4 Å². The maximum absolute atomic E-state index is 14.6. The summed E-state index contributed by atoms with van der Waals surface area (Å²) in [6.07, 6.45) is -6.91. The van der Waals surface area contributed by atoms with Crippen LogP contribution >= 0.6 is 11.8 Å². The van der Waals surface area contributed by atoms with Gasteiger partial charge < -0.3 is 47.4 Å². The van der Waals surface area contributed by atoms with Gasteiger partial charge in [-0.05, 0) is 28.0 Å². The number of carbonyl (C=O) groups is 1. The predicted molar refractivity (Wildman–Crippen MR) is 242 cm³/mol. The SMILES string of the molecule is C=CCO[C@@H]1[C@H](O[C@@H]2O[C@H](C(=O)OCc3ccccc3)[C@@H](OCc3ccccc3)[C@H](OCc3ccccc3)[C@H]2OCc2ccccc2)[C@@H](SCC)O[C@@H]2CO[C@@H](c3ccccc3)O[C@@H]12. The Hall–Kier alpha value is -4.70. The highest BCUT2D eigenvalue weighted by Crippen LogP contribution is 2.41. The zero-order chi connectivity index (χ0) is 43.9. The van der Waals surface area contributed by atoms with Gasteiger partial charge in [-0.3, -0.25) is 0 Å². The monoisotopic (exact) mass is 888 g/mol. The molecule has 5 aromatic rings. The summed E-state index contributed by atoms with van der Waals surface area (Å²) in [5.41, 5.74) is 3.88. The molecule has 0 radical (unpaired) electrons. The Morgan fingerprint density at radius 1 is 0.609 bits per heavy atom. The van der Waals surface area contributed by atoms with Crippen molar-refractivity contribution in [2.24, 2.45) is 0 Å². The molecule has 3 saturated heterocycles. The van der Waals surface area contributed by atoms with E-state index in [9.17, 15) is 4.79 Å². The molecule has 5 aromatic carbocycles. The number of hydrogen-bond donors (Lipinski definition) is 0. The highest BCUT2D eigenvalue weighted by Gasteiger charge is 2.57. The molecular weight excluding hydrogens is 833 g/mol. The summed E-state index contributed by atoms with van der Waals surface area (Å²) in [6.45, 7) is 7.05. The van der Waals surface area contributed by atoms with E-state index in [1.807, 2.05) is 152 Å². The maximum atomic E-state index is 14.6. The number of esters is 1. The van der Waals surface area contributed by atoms with Gasteiger partial charge in [0.1, 0.15) is 54.8 Å². The Morgan fingerprint density at radius 3 is 1.67 bits per heavy atom. The van der Waals surface area contributed by atoms with Crippen molar-refractivity contribution in [2.45, 2.75) is 100 Å². The van der Waals surface area contributed by atoms with Crippen molar-refractivity contribution >= 4 is 17.7 Å². The molecule has 0 saturated carbocycles. The van der Waals surface area contributed by atoms with Crippen LogP contribution in [0.4, 0.5) is 0 Å². The Kier molecular flexibility index (Phi) is 16.8. The molecule has 336 valence electrons. The van der Waals surface area contributed by atoms with Crippen molar-refractivity contribution in [2.75, 3.05) is 19.0 Å². The Morgan fingerprint density at radius 2 is 1.12 bits per heavy atom. The van der Waals surface area contributed by atoms with Crippen molar-refractivity contribution < 1.29 is 52.2 Å². The first-order valence-corrected chi connectivity index (χ1v) is 22.9. The van der Waals surface area contributed by atoms with Gasteiger partial charge in [0.05, 0.1) is 33.0 Å². The number of thioether (sulfide) groups is 1. The van der Waals surface area contributed by atoms with Gasteiger partial charge in [0, 0.05) is 5.56 Å². The van der Waals surface area contributed by atoms with Gasteiger partial charge in [0.2, 0.25) is 0 Å². The summed E-state index contributed by atoms with van der Waals surface area (Å²) < 4.78 is 67.0. The predicted octanol–water partition coefficient (Wildman–Crippen LogP) is 8.76. The minimum absolute atomic E-state index is 0.0220. The third-order valence-electron chi connectivity index (χ3n) is 11.2. The molecule has 11 atom stereocenters. The fourth-order valence-corrected chi connectivity index (χ4v) is 9.02. The molecule has 0 bridgehead atoms. The van der Waals surface area contributed by atoms with E-state index in [1.165, 1.54) is 0 Å². The molecule has 0 aliphatic carbocycles. The first-order chi connectivity index (χ1) is 31.6. The van der Waals surface area contributed by atoms with Gasteiger partial charge in [-0.1, -0.05) is 165 Å². The molecule has 3 heterocycles. The maximum Gasteiger partial charge on any atom is 0.338 e. The third-order valence-corrected chi connectivity index (χ3v) is 12.2. The number of benzene rings is 5. The molecule has 0 unspecified atom stereocenters. The van der Waals surface area contributed by atoms with Crippen LogP contribution in [0.3, 0.4) is 0 Å². The summed E-state index contributed by atoms with van der Waals surface area (Å²) in [7, 11) is 0. The van der Waals surface area contributed by atoms with E-state index in [1.54, 1.807) is 17.8 Å². The smallest absolute Gasteiger partial charge is 0.338 e. The van der Waals surface area contributed by atoms with Crippen LogP contribution in [0.1, 0.15) is 41.0 Å². The van der Waals surface area contributed by atoms with Gasteiger partial charge in [0.15, 0.2) is 18.7 Å². The van der Waals surface area contributed by atoms with Gasteiger partial charge in [0.25, 0.3) is 0 Å². The van der Waals surface area contributed by atoms with E-state index < -0.39 is 72.8 Å². The molecule has 8 rings (SSSR count). The fraction of sp³-hybridized carbons (Fsp3) is 0.365. The topological polar surface area (TPSA) is 109 Å². The van der Waals surface area contributed by atoms with Crippen LogP contribution in [0, 0.1) is 0 Å². The molecule has 3 fully saturated rings. The van der Waals surface area contributed by atoms with Crippen molar-refractivity contribution in [3.63, 3.8) is 0 Å². The van der Waals surface area contributed by atoms with Crippen LogP contribution < -0.4 is 0 Å². The zero-order valence-electron chi connectivity index (χ0n) is 35.9. The van der Waals surface area contributed by atoms with E-state index in [0.29, 0.717) is 5.75 Å². The van der Waals surface area contributed by atoms with Crippen LogP contribution in [-0.4, -0.2) is 85.5 Å². The summed E-state index contributed by atoms with van der Waals surface area (Å²) in [5.74, 6) is 0.0685. The largest absolute Gasteiger partial charge is 0.459 e. The lowest BCUT2D eigenvalue weighted by atomic mass is 9.96. The lowest BCUT2D eigenvalue weighted by Gasteiger charge is -2.51. The quantitative estimate of drug-likeness (QED) is 0.0551. The summed E-state index contributed by atoms with van der Waals surface area (Å²) >= 11 is 1.57. The van der Waals surface area contributed by atoms with Gasteiger partial charge in [-0.2, -0.15) is 0 Å². The lowest BCUT2D eigenvalue weighted by molar-refractivity contribution is -0.366. The molecule has 3 aliphatic rings. The van der Waals surface area contributed by atoms with Gasteiger partial charge in [-0.25, -0.2) is 4.79 Å². The van der Waals surface area contributed by atoms with Crippen LogP contribution in [0.25, 0.3) is 0 Å². The second-order valence-electron chi connectivity index (χ2n) is 15.7. The van der Waals surface area contributed by atoms with Crippen LogP contribution in [0.2, 0.25) is 0 Å². The van der Waals surface area contributed by atoms with E-state index >= 15 is 0 Å². The molecule has 0 N–H and O–H groups in total. The highest BCUT2D eigenvalue weighted by atomic mass is 32.2. The van der Waals surface area contributed by atoms with E-state index in [-0.39, 0.29) is 39.6 Å². The zero-order valence-corrected chi connectivity index (χ0v) is 36.7. The standard InChI is InChI=1S/C52H56O11S/c1-3-30-54-43-42-41(35-59-50(61-42)40-28-18-9-19-29-40)60-52(64-4-2)48(43)63-51-47(57-33-38-24-14-7-15-25-38)45(56-32-37-22-12-6-13-23-37)44(55-31-36-20-10-5-11-21-36)46(62-51)49(53)58-34-39-26-16-8-17-27-39/h3,5-29,41-48,50-52H,1,4,30-35H2,2H3/t41-,42-,43+,44+,45+,46+,47-,48+,50-,51+,52-/m1/s1. The second kappa shape index (κ2) is 23.5. The summed E-state index contributed by atoms with van der Waals surface area (Å²) in [5, 5.41) is 0. The van der Waals surface area contributed by atoms with Crippen molar-refractivity contribution in [1.29, 1.82) is 0 Å². The average molecular weight is 889 g/mol. The Labute approximate surface area is 379 Å². The number of carbonyl (C=O) groups excluding carboxylic acids is 1. The highest BCUT2D eigenvalue weighted by molar-refractivity contribution is 7.99. The minimum Gasteiger partial charge on any atom is -0.459 e. The van der Waals surface area contributed by atoms with Crippen LogP contribution in [0.5, 0.6) is 0 Å². The third kappa shape index (κ3) is 11.9. The first-order valence-electron chi connectivity index (χ1n) is 21.9. The molecule has 0 aromatic heterocycles. The molecule has 64 heavy (non-hydrogen) atoms. The Balaban J connectivity index is 1.17. The minimum atomic E-state index is -1.31. The Bertz CT molecular complexity index is 2130. The number of hydrogen-bond acceptors (Lipinski definition) is 12. The van der Waals surface area contributed by atoms with Crippen molar-refractivity contribution in [3.8, 4) is 0 Å². The van der Waals surface area contributed by atoms with Crippen molar-refractivity contribution in [3.05, 3.63) is 192 Å². The van der Waals surface area contributed by atoms with Crippen molar-refractivity contribution in [1.82, 2.24) is 0 Å². The summed E-state index contributed by atoms with van der Waals surface area (Å²) in [6, 6.07) is 48.7. The number of rotatable bonds is 20. The first kappa shape index (κ1) is 45.9. The normalized spacial score (nSPS) is 27.9. The average Bonchev–Trinajstić information content (AvgIpc) is 3.35. The fourth-order valence-electron chi connectivity index (χ4n) is 8.06. The molecule has 12 heteroatoms. The lowest BCUT2D eigenvalue weighted by Crippen LogP contribution is -2.67. The second-order valence-corrected chi connectivity index (χ2v) is 17.0. The van der Waals surface area contributed by atoms with Gasteiger partial charge in [-0.15, -0.1) is 18.3 Å². The van der Waals surface area contributed by atoms with E-state index in [0.717, 1.165) is 27.8 Å². The molecule has 0 spiro atoms.